The molecule has 0 aliphatic carbocycles. The van der Waals surface area contributed by atoms with Crippen molar-refractivity contribution in [2.24, 2.45) is 5.84 Å². The van der Waals surface area contributed by atoms with Crippen molar-refractivity contribution in [1.82, 2.24) is 4.31 Å². The molecule has 1 saturated heterocycles. The van der Waals surface area contributed by atoms with Crippen LogP contribution in [-0.4, -0.2) is 41.9 Å². The Morgan fingerprint density at radius 1 is 1.52 bits per heavy atom. The highest BCUT2D eigenvalue weighted by molar-refractivity contribution is 7.89. The van der Waals surface area contributed by atoms with Crippen LogP contribution in [0.2, 0.25) is 0 Å². The number of nitrogens with two attached hydrogens (primary N) is 1. The normalized spacial score (nSPS) is 19.6. The fourth-order valence-corrected chi connectivity index (χ4v) is 4.25. The first-order chi connectivity index (χ1) is 9.91. The number of aliphatic hydroxyl groups excluding tert-OH is 1. The maximum atomic E-state index is 12.7. The molecule has 0 amide bonds. The zero-order valence-electron chi connectivity index (χ0n) is 11.1. The van der Waals surface area contributed by atoms with Gasteiger partial charge in [-0.2, -0.15) is 4.31 Å². The predicted molar refractivity (Wildman–Crippen MR) is 74.9 cm³/mol. The molecule has 0 bridgehead atoms. The molecule has 21 heavy (non-hydrogen) atoms. The van der Waals surface area contributed by atoms with Crippen LogP contribution in [-0.2, 0) is 10.0 Å². The van der Waals surface area contributed by atoms with Crippen LogP contribution in [0.5, 0.6) is 0 Å². The molecule has 1 aromatic rings. The molecule has 1 unspecified atom stereocenters. The molecule has 1 heterocycles. The maximum absolute atomic E-state index is 12.7. The van der Waals surface area contributed by atoms with Crippen LogP contribution in [0.1, 0.15) is 12.8 Å². The van der Waals surface area contributed by atoms with E-state index < -0.39 is 21.0 Å². The fraction of sp³-hybridized carbons (Fsp3) is 0.455. The minimum absolute atomic E-state index is 0.0733. The summed E-state index contributed by atoms with van der Waals surface area (Å²) >= 11 is 0. The second-order valence-electron chi connectivity index (χ2n) is 4.68. The Hall–Kier alpha value is -1.75. The average molecular weight is 316 g/mol. The number of aliphatic hydroxyl groups is 1. The topological polar surface area (TPSA) is 139 Å². The molecule has 10 heteroatoms. The summed E-state index contributed by atoms with van der Waals surface area (Å²) in [5.41, 5.74) is 1.97. The summed E-state index contributed by atoms with van der Waals surface area (Å²) in [7, 11) is -3.97. The second-order valence-corrected chi connectivity index (χ2v) is 6.54. The average Bonchev–Trinajstić information content (AvgIpc) is 2.95. The zero-order valence-corrected chi connectivity index (χ0v) is 11.9. The first-order valence-corrected chi connectivity index (χ1v) is 7.73. The van der Waals surface area contributed by atoms with Gasteiger partial charge in [0.2, 0.25) is 10.0 Å². The molecule has 0 radical (unpaired) electrons. The Kier molecular flexibility index (Phi) is 4.42. The molecule has 1 aliphatic heterocycles. The highest BCUT2D eigenvalue weighted by Gasteiger charge is 2.36. The minimum atomic E-state index is -3.97. The molecule has 2 rings (SSSR count). The third-order valence-electron chi connectivity index (χ3n) is 3.45. The summed E-state index contributed by atoms with van der Waals surface area (Å²) < 4.78 is 26.5. The predicted octanol–water partition coefficient (Wildman–Crippen LogP) is 0.0258. The number of anilines is 1. The number of nitrogen functional groups attached to an aromatic ring is 1. The van der Waals surface area contributed by atoms with E-state index in [1.54, 1.807) is 0 Å². The third-order valence-corrected chi connectivity index (χ3v) is 5.44. The van der Waals surface area contributed by atoms with E-state index in [2.05, 4.69) is 5.43 Å². The van der Waals surface area contributed by atoms with Crippen LogP contribution < -0.4 is 11.3 Å². The number of benzene rings is 1. The van der Waals surface area contributed by atoms with Gasteiger partial charge in [0.05, 0.1) is 17.2 Å². The van der Waals surface area contributed by atoms with E-state index in [4.69, 9.17) is 5.84 Å². The van der Waals surface area contributed by atoms with Crippen LogP contribution in [0.15, 0.2) is 23.1 Å². The van der Waals surface area contributed by atoms with Crippen molar-refractivity contribution in [2.45, 2.75) is 23.8 Å². The standard InChI is InChI=1S/C11H16N4O5S/c12-13-10-4-3-8(15(17)18)6-11(10)21(19,20)14-5-1-2-9(14)7-16/h3-4,6,9,13,16H,1-2,5,7,12H2. The number of rotatable bonds is 5. The molecular formula is C11H16N4O5S. The van der Waals surface area contributed by atoms with Crippen molar-refractivity contribution in [2.75, 3.05) is 18.6 Å². The van der Waals surface area contributed by atoms with E-state index in [9.17, 15) is 23.6 Å². The first kappa shape index (κ1) is 15.6. The third kappa shape index (κ3) is 2.83. The lowest BCUT2D eigenvalue weighted by molar-refractivity contribution is -0.385. The molecule has 0 spiro atoms. The van der Waals surface area contributed by atoms with Gasteiger partial charge in [-0.3, -0.25) is 16.0 Å². The summed E-state index contributed by atoms with van der Waals surface area (Å²) in [6.07, 6.45) is 1.18. The monoisotopic (exact) mass is 316 g/mol. The molecule has 1 atom stereocenters. The zero-order chi connectivity index (χ0) is 15.6. The summed E-state index contributed by atoms with van der Waals surface area (Å²) in [6, 6.07) is 2.87. The highest BCUT2D eigenvalue weighted by atomic mass is 32.2. The van der Waals surface area contributed by atoms with Crippen molar-refractivity contribution in [1.29, 1.82) is 0 Å². The van der Waals surface area contributed by atoms with Crippen molar-refractivity contribution >= 4 is 21.4 Å². The molecule has 0 saturated carbocycles. The van der Waals surface area contributed by atoms with Crippen LogP contribution in [0.4, 0.5) is 11.4 Å². The van der Waals surface area contributed by atoms with Crippen LogP contribution in [0, 0.1) is 10.1 Å². The number of nitrogens with one attached hydrogen (secondary N) is 1. The van der Waals surface area contributed by atoms with E-state index >= 15 is 0 Å². The second kappa shape index (κ2) is 5.93. The number of hydrazine groups is 1. The minimum Gasteiger partial charge on any atom is -0.395 e. The van der Waals surface area contributed by atoms with Gasteiger partial charge in [-0.05, 0) is 18.9 Å². The lowest BCUT2D eigenvalue weighted by Crippen LogP contribution is -2.38. The van der Waals surface area contributed by atoms with E-state index in [0.717, 1.165) is 10.4 Å². The Morgan fingerprint density at radius 3 is 2.81 bits per heavy atom. The smallest absolute Gasteiger partial charge is 0.270 e. The lowest BCUT2D eigenvalue weighted by atomic mass is 10.2. The van der Waals surface area contributed by atoms with E-state index in [1.807, 2.05) is 0 Å². The van der Waals surface area contributed by atoms with Gasteiger partial charge in [-0.1, -0.05) is 0 Å². The molecule has 1 aliphatic rings. The number of non-ortho nitro benzene ring substituents is 1. The van der Waals surface area contributed by atoms with Gasteiger partial charge in [0, 0.05) is 24.7 Å². The Morgan fingerprint density at radius 2 is 2.24 bits per heavy atom. The van der Waals surface area contributed by atoms with Gasteiger partial charge < -0.3 is 10.5 Å². The largest absolute Gasteiger partial charge is 0.395 e. The molecule has 1 fully saturated rings. The van der Waals surface area contributed by atoms with Gasteiger partial charge in [0.15, 0.2) is 0 Å². The van der Waals surface area contributed by atoms with Crippen molar-refractivity contribution in [3.63, 3.8) is 0 Å². The van der Waals surface area contributed by atoms with Gasteiger partial charge in [0.25, 0.3) is 5.69 Å². The van der Waals surface area contributed by atoms with E-state index in [1.165, 1.54) is 12.1 Å². The highest BCUT2D eigenvalue weighted by Crippen LogP contribution is 2.32. The van der Waals surface area contributed by atoms with Gasteiger partial charge in [0.1, 0.15) is 4.90 Å². The van der Waals surface area contributed by atoms with Crippen LogP contribution >= 0.6 is 0 Å². The number of nitro groups is 1. The summed E-state index contributed by atoms with van der Waals surface area (Å²) in [6.45, 7) is -0.0280. The maximum Gasteiger partial charge on any atom is 0.270 e. The van der Waals surface area contributed by atoms with Crippen LogP contribution in [0.3, 0.4) is 0 Å². The summed E-state index contributed by atoms with van der Waals surface area (Å²) in [4.78, 5) is 9.89. The number of sulfonamides is 1. The van der Waals surface area contributed by atoms with Crippen molar-refractivity contribution < 1.29 is 18.4 Å². The van der Waals surface area contributed by atoms with Crippen molar-refractivity contribution in [3.05, 3.63) is 28.3 Å². The molecule has 0 aromatic heterocycles. The Labute approximate surface area is 121 Å². The first-order valence-electron chi connectivity index (χ1n) is 6.29. The number of hydrogen-bond acceptors (Lipinski definition) is 7. The summed E-state index contributed by atoms with van der Waals surface area (Å²) in [5.74, 6) is 5.29. The summed E-state index contributed by atoms with van der Waals surface area (Å²) in [5, 5.41) is 20.1. The number of nitrogens with zero attached hydrogens (tertiary/aromatic N) is 2. The van der Waals surface area contributed by atoms with Gasteiger partial charge >= 0.3 is 0 Å². The fourth-order valence-electron chi connectivity index (χ4n) is 2.39. The van der Waals surface area contributed by atoms with Crippen molar-refractivity contribution in [3.8, 4) is 0 Å². The SMILES string of the molecule is NNc1ccc([N+](=O)[O-])cc1S(=O)(=O)N1CCCC1CO. The Balaban J connectivity index is 2.52. The molecule has 1 aromatic carbocycles. The lowest BCUT2D eigenvalue weighted by Gasteiger charge is -2.23. The molecular weight excluding hydrogens is 300 g/mol. The molecule has 116 valence electrons. The Bertz CT molecular complexity index is 648. The van der Waals surface area contributed by atoms with Gasteiger partial charge in [-0.25, -0.2) is 8.42 Å². The van der Waals surface area contributed by atoms with Gasteiger partial charge in [-0.15, -0.1) is 0 Å². The quantitative estimate of drug-likeness (QED) is 0.395. The molecule has 4 N–H and O–H groups in total. The van der Waals surface area contributed by atoms with E-state index in [-0.39, 0.29) is 29.4 Å². The number of nitro benzene ring substituents is 1. The molecule has 9 nitrogen and oxygen atoms in total. The number of hydrogen-bond donors (Lipinski definition) is 3. The van der Waals surface area contributed by atoms with Crippen LogP contribution in [0.25, 0.3) is 0 Å². The van der Waals surface area contributed by atoms with E-state index in [0.29, 0.717) is 12.8 Å².